The first-order valence-electron chi connectivity index (χ1n) is 5.86. The molecule has 2 heterocycles. The molecular formula is C12H13N3O2S. The molecule has 1 saturated carbocycles. The molecular weight excluding hydrogens is 250 g/mol. The molecule has 1 fully saturated rings. The molecule has 18 heavy (non-hydrogen) atoms. The quantitative estimate of drug-likeness (QED) is 0.846. The molecule has 0 bridgehead atoms. The van der Waals surface area contributed by atoms with E-state index in [1.54, 1.807) is 0 Å². The van der Waals surface area contributed by atoms with E-state index in [9.17, 15) is 4.79 Å². The Balaban J connectivity index is 2.29. The zero-order valence-electron chi connectivity index (χ0n) is 10.2. The summed E-state index contributed by atoms with van der Waals surface area (Å²) in [7, 11) is 0. The number of nitrogens with zero attached hydrogens (tertiary/aromatic N) is 2. The topological polar surface area (TPSA) is 63.8 Å². The molecule has 5 nitrogen and oxygen atoms in total. The van der Waals surface area contributed by atoms with Crippen LogP contribution in [0.25, 0.3) is 11.5 Å². The van der Waals surface area contributed by atoms with Gasteiger partial charge in [0.25, 0.3) is 16.3 Å². The Morgan fingerprint density at radius 3 is 2.78 bits per heavy atom. The minimum Gasteiger partial charge on any atom is -0.409 e. The highest BCUT2D eigenvalue weighted by molar-refractivity contribution is 7.71. The molecule has 0 atom stereocenters. The lowest BCUT2D eigenvalue weighted by Crippen LogP contribution is -2.24. The minimum atomic E-state index is -0.0414. The second-order valence-electron chi connectivity index (χ2n) is 4.67. The molecule has 3 rings (SSSR count). The Hall–Kier alpha value is -1.69. The third-order valence-electron chi connectivity index (χ3n) is 3.20. The first-order valence-corrected chi connectivity index (χ1v) is 6.27. The zero-order valence-corrected chi connectivity index (χ0v) is 11.0. The van der Waals surface area contributed by atoms with Crippen LogP contribution in [0.1, 0.15) is 30.1 Å². The zero-order chi connectivity index (χ0) is 12.9. The number of aryl methyl sites for hydroxylation is 2. The molecule has 0 spiro atoms. The van der Waals surface area contributed by atoms with Crippen molar-refractivity contribution in [3.63, 3.8) is 0 Å². The third kappa shape index (κ3) is 1.73. The van der Waals surface area contributed by atoms with E-state index in [2.05, 4.69) is 10.2 Å². The summed E-state index contributed by atoms with van der Waals surface area (Å²) in [4.78, 5) is 12.7. The van der Waals surface area contributed by atoms with Gasteiger partial charge in [-0.25, -0.2) is 5.10 Å². The molecule has 0 unspecified atom stereocenters. The van der Waals surface area contributed by atoms with Gasteiger partial charge in [-0.1, -0.05) is 0 Å². The number of aromatic amines is 1. The van der Waals surface area contributed by atoms with Crippen molar-refractivity contribution in [2.24, 2.45) is 0 Å². The van der Waals surface area contributed by atoms with E-state index in [1.807, 2.05) is 24.5 Å². The van der Waals surface area contributed by atoms with Crippen molar-refractivity contribution >= 4 is 12.2 Å². The maximum Gasteiger partial charge on any atom is 0.284 e. The average molecular weight is 263 g/mol. The second kappa shape index (κ2) is 3.91. The van der Waals surface area contributed by atoms with Gasteiger partial charge in [0.15, 0.2) is 0 Å². The fourth-order valence-corrected chi connectivity index (χ4v) is 2.41. The van der Waals surface area contributed by atoms with E-state index in [1.165, 1.54) is 0 Å². The number of nitrogens with one attached hydrogen (secondary N) is 1. The molecule has 0 amide bonds. The Bertz CT molecular complexity index is 722. The Morgan fingerprint density at radius 1 is 1.50 bits per heavy atom. The fraction of sp³-hybridized carbons (Fsp3) is 0.417. The van der Waals surface area contributed by atoms with Crippen molar-refractivity contribution in [2.75, 3.05) is 0 Å². The van der Waals surface area contributed by atoms with Crippen LogP contribution in [0, 0.1) is 18.7 Å². The van der Waals surface area contributed by atoms with Crippen molar-refractivity contribution in [3.8, 4) is 11.5 Å². The van der Waals surface area contributed by atoms with Crippen LogP contribution in [0.3, 0.4) is 0 Å². The first-order chi connectivity index (χ1) is 8.58. The predicted molar refractivity (Wildman–Crippen MR) is 69.1 cm³/mol. The van der Waals surface area contributed by atoms with E-state index >= 15 is 0 Å². The number of H-pyrrole nitrogens is 1. The number of hydrogen-bond donors (Lipinski definition) is 1. The molecule has 6 heteroatoms. The number of hydrogen-bond acceptors (Lipinski definition) is 4. The molecule has 0 aliphatic heterocycles. The Kier molecular flexibility index (Phi) is 2.48. The molecule has 2 aromatic heterocycles. The van der Waals surface area contributed by atoms with Crippen LogP contribution in [-0.2, 0) is 0 Å². The Morgan fingerprint density at radius 2 is 2.22 bits per heavy atom. The minimum absolute atomic E-state index is 0.0414. The number of pyridine rings is 1. The van der Waals surface area contributed by atoms with Crippen LogP contribution in [0.4, 0.5) is 0 Å². The fourth-order valence-electron chi connectivity index (χ4n) is 2.29. The van der Waals surface area contributed by atoms with Crippen LogP contribution in [0.15, 0.2) is 15.3 Å². The third-order valence-corrected chi connectivity index (χ3v) is 3.37. The standard InChI is InChI=1S/C12H13N3O2S/c1-6-5-7(2)15(8-3-4-8)11(16)9(6)10-13-14-12(18)17-10/h5,8H,3-4H2,1-2H3,(H,14,18). The van der Waals surface area contributed by atoms with Crippen LogP contribution in [-0.4, -0.2) is 14.8 Å². The van der Waals surface area contributed by atoms with Gasteiger partial charge in [-0.2, -0.15) is 0 Å². The van der Waals surface area contributed by atoms with E-state index in [-0.39, 0.29) is 16.3 Å². The lowest BCUT2D eigenvalue weighted by molar-refractivity contribution is 0.548. The lowest BCUT2D eigenvalue weighted by Gasteiger charge is -2.11. The van der Waals surface area contributed by atoms with Crippen LogP contribution in [0.2, 0.25) is 0 Å². The SMILES string of the molecule is Cc1cc(C)n(C2CC2)c(=O)c1-c1n[nH]c(=S)o1. The van der Waals surface area contributed by atoms with Gasteiger partial charge in [-0.15, -0.1) is 5.10 Å². The van der Waals surface area contributed by atoms with Gasteiger partial charge in [-0.3, -0.25) is 4.79 Å². The van der Waals surface area contributed by atoms with Gasteiger partial charge < -0.3 is 8.98 Å². The highest BCUT2D eigenvalue weighted by atomic mass is 32.1. The van der Waals surface area contributed by atoms with Crippen molar-refractivity contribution in [1.29, 1.82) is 0 Å². The van der Waals surface area contributed by atoms with Gasteiger partial charge >= 0.3 is 0 Å². The van der Waals surface area contributed by atoms with Gasteiger partial charge in [0.1, 0.15) is 5.56 Å². The van der Waals surface area contributed by atoms with Gasteiger partial charge in [-0.05, 0) is 50.5 Å². The molecule has 0 radical (unpaired) electrons. The summed E-state index contributed by atoms with van der Waals surface area (Å²) in [6.07, 6.45) is 2.13. The van der Waals surface area contributed by atoms with Crippen LogP contribution < -0.4 is 5.56 Å². The molecule has 0 saturated heterocycles. The highest BCUT2D eigenvalue weighted by Gasteiger charge is 2.28. The van der Waals surface area contributed by atoms with Gasteiger partial charge in [0.05, 0.1) is 0 Å². The summed E-state index contributed by atoms with van der Waals surface area (Å²) in [6, 6.07) is 2.32. The molecule has 1 aliphatic carbocycles. The normalized spacial score (nSPS) is 15.0. The average Bonchev–Trinajstić information content (AvgIpc) is 3.01. The first kappa shape index (κ1) is 11.4. The van der Waals surface area contributed by atoms with E-state index in [4.69, 9.17) is 16.6 Å². The van der Waals surface area contributed by atoms with Gasteiger partial charge in [0, 0.05) is 11.7 Å². The molecule has 2 aromatic rings. The number of aromatic nitrogens is 3. The summed E-state index contributed by atoms with van der Waals surface area (Å²) >= 11 is 4.85. The Labute approximate surface area is 108 Å². The molecule has 1 aliphatic rings. The number of rotatable bonds is 2. The maximum absolute atomic E-state index is 12.5. The smallest absolute Gasteiger partial charge is 0.284 e. The molecule has 94 valence electrons. The lowest BCUT2D eigenvalue weighted by atomic mass is 10.1. The molecule has 1 N–H and O–H groups in total. The van der Waals surface area contributed by atoms with Crippen molar-refractivity contribution in [3.05, 3.63) is 32.5 Å². The maximum atomic E-state index is 12.5. The largest absolute Gasteiger partial charge is 0.409 e. The van der Waals surface area contributed by atoms with Crippen LogP contribution in [0.5, 0.6) is 0 Å². The van der Waals surface area contributed by atoms with E-state index < -0.39 is 0 Å². The predicted octanol–water partition coefficient (Wildman–Crippen LogP) is 2.51. The van der Waals surface area contributed by atoms with Crippen LogP contribution >= 0.6 is 12.2 Å². The highest BCUT2D eigenvalue weighted by Crippen LogP contribution is 2.35. The summed E-state index contributed by atoms with van der Waals surface area (Å²) < 4.78 is 7.09. The van der Waals surface area contributed by atoms with E-state index in [0.717, 1.165) is 24.1 Å². The summed E-state index contributed by atoms with van der Waals surface area (Å²) in [5.74, 6) is 0.275. The van der Waals surface area contributed by atoms with Crippen molar-refractivity contribution < 1.29 is 4.42 Å². The van der Waals surface area contributed by atoms with E-state index in [0.29, 0.717) is 11.6 Å². The monoisotopic (exact) mass is 263 g/mol. The van der Waals surface area contributed by atoms with Crippen molar-refractivity contribution in [1.82, 2.24) is 14.8 Å². The van der Waals surface area contributed by atoms with Crippen molar-refractivity contribution in [2.45, 2.75) is 32.7 Å². The summed E-state index contributed by atoms with van der Waals surface area (Å²) in [6.45, 7) is 3.84. The molecule has 0 aromatic carbocycles. The summed E-state index contributed by atoms with van der Waals surface area (Å²) in [5, 5.41) is 6.50. The summed E-state index contributed by atoms with van der Waals surface area (Å²) in [5.41, 5.74) is 2.30. The second-order valence-corrected chi connectivity index (χ2v) is 5.04. The van der Waals surface area contributed by atoms with Gasteiger partial charge in [0.2, 0.25) is 0 Å².